The first kappa shape index (κ1) is 18.2. The van der Waals surface area contributed by atoms with Crippen molar-refractivity contribution < 1.29 is 0 Å². The Kier molecular flexibility index (Phi) is 9.78. The number of unbranched alkanes of at least 4 members (excludes halogenated alkanes) is 3. The first-order valence-electron chi connectivity index (χ1n) is 8.56. The Bertz CT molecular complexity index is 500. The largest absolute Gasteiger partial charge is 0.0909 e. The van der Waals surface area contributed by atoms with Gasteiger partial charge >= 0.3 is 0 Å². The van der Waals surface area contributed by atoms with Crippen LogP contribution in [-0.2, 0) is 0 Å². The lowest BCUT2D eigenvalue weighted by Crippen LogP contribution is -1.89. The lowest BCUT2D eigenvalue weighted by atomic mass is 9.95. The summed E-state index contributed by atoms with van der Waals surface area (Å²) in [7, 11) is 0. The molecule has 0 bridgehead atoms. The molecule has 0 fully saturated rings. The molecule has 0 N–H and O–H groups in total. The average Bonchev–Trinajstić information content (AvgIpc) is 2.57. The summed E-state index contributed by atoms with van der Waals surface area (Å²) in [5.74, 6) is 0. The van der Waals surface area contributed by atoms with Gasteiger partial charge in [-0.2, -0.15) is 0 Å². The highest BCUT2D eigenvalue weighted by Gasteiger charge is 2.04. The molecule has 0 spiro atoms. The Labute approximate surface area is 137 Å². The van der Waals surface area contributed by atoms with E-state index in [1.54, 1.807) is 0 Å². The lowest BCUT2D eigenvalue weighted by Gasteiger charge is -2.10. The van der Waals surface area contributed by atoms with E-state index in [1.165, 1.54) is 43.2 Å². The molecule has 0 atom stereocenters. The topological polar surface area (TPSA) is 0 Å². The standard InChI is InChI=1S/C22H30/c1-4-6-8-9-10-11-13-17-21(16-7-5-2)20(3)22-18-14-12-15-19-22/h9-15,17-19H,3-8,16H2,1-2H3. The van der Waals surface area contributed by atoms with Gasteiger partial charge in [0, 0.05) is 0 Å². The summed E-state index contributed by atoms with van der Waals surface area (Å²) < 4.78 is 0. The van der Waals surface area contributed by atoms with Gasteiger partial charge < -0.3 is 0 Å². The molecule has 0 nitrogen and oxygen atoms in total. The first-order chi connectivity index (χ1) is 10.8. The first-order valence-corrected chi connectivity index (χ1v) is 8.56. The fourth-order valence-corrected chi connectivity index (χ4v) is 2.26. The molecule has 0 aliphatic carbocycles. The molecule has 22 heavy (non-hydrogen) atoms. The van der Waals surface area contributed by atoms with Crippen LogP contribution in [-0.4, -0.2) is 0 Å². The third-order valence-electron chi connectivity index (χ3n) is 3.69. The predicted molar refractivity (Wildman–Crippen MR) is 101 cm³/mol. The third-order valence-corrected chi connectivity index (χ3v) is 3.69. The van der Waals surface area contributed by atoms with Crippen LogP contribution >= 0.6 is 0 Å². The smallest absolute Gasteiger partial charge is 0.0187 e. The molecule has 118 valence electrons. The highest BCUT2D eigenvalue weighted by atomic mass is 14.1. The second kappa shape index (κ2) is 11.8. The summed E-state index contributed by atoms with van der Waals surface area (Å²) in [6.45, 7) is 8.75. The van der Waals surface area contributed by atoms with Crippen molar-refractivity contribution >= 4 is 5.57 Å². The maximum Gasteiger partial charge on any atom is -0.0187 e. The van der Waals surface area contributed by atoms with Crippen LogP contribution in [0.5, 0.6) is 0 Å². The molecule has 1 aromatic carbocycles. The molecular weight excluding hydrogens is 264 g/mol. The van der Waals surface area contributed by atoms with Crippen molar-refractivity contribution in [2.24, 2.45) is 0 Å². The van der Waals surface area contributed by atoms with Crippen molar-refractivity contribution in [2.75, 3.05) is 0 Å². The molecule has 0 amide bonds. The van der Waals surface area contributed by atoms with E-state index in [-0.39, 0.29) is 0 Å². The highest BCUT2D eigenvalue weighted by molar-refractivity contribution is 5.77. The van der Waals surface area contributed by atoms with Gasteiger partial charge in [-0.25, -0.2) is 0 Å². The summed E-state index contributed by atoms with van der Waals surface area (Å²) in [4.78, 5) is 0. The van der Waals surface area contributed by atoms with Gasteiger partial charge in [-0.05, 0) is 36.0 Å². The van der Waals surface area contributed by atoms with Crippen molar-refractivity contribution in [1.82, 2.24) is 0 Å². The number of rotatable bonds is 10. The van der Waals surface area contributed by atoms with Gasteiger partial charge in [0.05, 0.1) is 0 Å². The normalized spacial score (nSPS) is 12.4. The maximum atomic E-state index is 4.30. The molecule has 0 heterocycles. The van der Waals surface area contributed by atoms with Crippen molar-refractivity contribution in [3.05, 3.63) is 78.4 Å². The molecule has 0 radical (unpaired) electrons. The number of hydrogen-bond acceptors (Lipinski definition) is 0. The van der Waals surface area contributed by atoms with Crippen molar-refractivity contribution in [3.8, 4) is 0 Å². The molecule has 0 saturated carbocycles. The molecule has 0 heteroatoms. The van der Waals surface area contributed by atoms with Crippen molar-refractivity contribution in [3.63, 3.8) is 0 Å². The molecule has 0 aromatic heterocycles. The van der Waals surface area contributed by atoms with E-state index in [0.717, 1.165) is 12.0 Å². The van der Waals surface area contributed by atoms with Crippen LogP contribution in [0.2, 0.25) is 0 Å². The Morgan fingerprint density at radius 2 is 1.68 bits per heavy atom. The summed E-state index contributed by atoms with van der Waals surface area (Å²) >= 11 is 0. The fourth-order valence-electron chi connectivity index (χ4n) is 2.26. The minimum atomic E-state index is 1.09. The minimum absolute atomic E-state index is 1.09. The Morgan fingerprint density at radius 1 is 0.955 bits per heavy atom. The van der Waals surface area contributed by atoms with E-state index in [4.69, 9.17) is 0 Å². The summed E-state index contributed by atoms with van der Waals surface area (Å²) in [5, 5.41) is 0. The zero-order valence-electron chi connectivity index (χ0n) is 14.2. The van der Waals surface area contributed by atoms with Gasteiger partial charge in [0.1, 0.15) is 0 Å². The third kappa shape index (κ3) is 7.26. The van der Waals surface area contributed by atoms with E-state index < -0.39 is 0 Å². The summed E-state index contributed by atoms with van der Waals surface area (Å²) in [6.07, 6.45) is 18.1. The van der Waals surface area contributed by atoms with Gasteiger partial charge in [-0.3, -0.25) is 0 Å². The van der Waals surface area contributed by atoms with Crippen LogP contribution < -0.4 is 0 Å². The molecule has 1 rings (SSSR count). The SMILES string of the molecule is C=C(C(=CC=CC=CCCCC)CCCC)c1ccccc1. The van der Waals surface area contributed by atoms with Gasteiger partial charge in [-0.1, -0.05) is 100 Å². The van der Waals surface area contributed by atoms with E-state index >= 15 is 0 Å². The quantitative estimate of drug-likeness (QED) is 0.318. The molecule has 0 unspecified atom stereocenters. The van der Waals surface area contributed by atoms with Gasteiger partial charge in [-0.15, -0.1) is 0 Å². The Morgan fingerprint density at radius 3 is 2.36 bits per heavy atom. The molecule has 0 aliphatic heterocycles. The van der Waals surface area contributed by atoms with Crippen LogP contribution in [0.3, 0.4) is 0 Å². The maximum absolute atomic E-state index is 4.30. The molecule has 0 saturated heterocycles. The monoisotopic (exact) mass is 294 g/mol. The number of hydrogen-bond donors (Lipinski definition) is 0. The average molecular weight is 294 g/mol. The predicted octanol–water partition coefficient (Wildman–Crippen LogP) is 7.12. The molecular formula is C22H30. The minimum Gasteiger partial charge on any atom is -0.0909 e. The molecule has 0 aliphatic rings. The van der Waals surface area contributed by atoms with Crippen molar-refractivity contribution in [2.45, 2.75) is 52.4 Å². The molecule has 1 aromatic rings. The summed E-state index contributed by atoms with van der Waals surface area (Å²) in [6, 6.07) is 10.5. The van der Waals surface area contributed by atoms with Crippen LogP contribution in [0.4, 0.5) is 0 Å². The second-order valence-electron chi connectivity index (χ2n) is 5.60. The number of benzene rings is 1. The van der Waals surface area contributed by atoms with Crippen molar-refractivity contribution in [1.29, 1.82) is 0 Å². The second-order valence-corrected chi connectivity index (χ2v) is 5.60. The van der Waals surface area contributed by atoms with E-state index in [9.17, 15) is 0 Å². The van der Waals surface area contributed by atoms with Crippen LogP contribution in [0.1, 0.15) is 57.9 Å². The van der Waals surface area contributed by atoms with Gasteiger partial charge in [0.15, 0.2) is 0 Å². The van der Waals surface area contributed by atoms with E-state index in [1.807, 2.05) is 6.07 Å². The van der Waals surface area contributed by atoms with Gasteiger partial charge in [0.2, 0.25) is 0 Å². The highest BCUT2D eigenvalue weighted by Crippen LogP contribution is 2.25. The van der Waals surface area contributed by atoms with Gasteiger partial charge in [0.25, 0.3) is 0 Å². The van der Waals surface area contributed by atoms with E-state index in [2.05, 4.69) is 75.1 Å². The number of allylic oxidation sites excluding steroid dienone is 7. The van der Waals surface area contributed by atoms with Crippen LogP contribution in [0, 0.1) is 0 Å². The van der Waals surface area contributed by atoms with E-state index in [0.29, 0.717) is 0 Å². The zero-order chi connectivity index (χ0) is 16.0. The Hall–Kier alpha value is -1.82. The zero-order valence-corrected chi connectivity index (χ0v) is 14.2. The lowest BCUT2D eigenvalue weighted by molar-refractivity contribution is 0.800. The van der Waals surface area contributed by atoms with Crippen LogP contribution in [0.15, 0.2) is 72.9 Å². The summed E-state index contributed by atoms with van der Waals surface area (Å²) in [5.41, 5.74) is 3.71. The Balaban J connectivity index is 2.71. The fraction of sp³-hybridized carbons (Fsp3) is 0.364. The van der Waals surface area contributed by atoms with Crippen LogP contribution in [0.25, 0.3) is 5.57 Å².